The van der Waals surface area contributed by atoms with Crippen LogP contribution in [-0.2, 0) is 77.1 Å². The van der Waals surface area contributed by atoms with Crippen molar-refractivity contribution in [1.82, 2.24) is 31.9 Å². The normalized spacial score (nSPS) is 25.3. The number of nitrogens with one attached hydrogen (secondary N) is 6. The van der Waals surface area contributed by atoms with Crippen LogP contribution >= 0.6 is 34.8 Å². The summed E-state index contributed by atoms with van der Waals surface area (Å²) in [7, 11) is 0. The van der Waals surface area contributed by atoms with E-state index in [1.54, 1.807) is 32.9 Å². The Morgan fingerprint density at radius 2 is 1.38 bits per heavy atom. The number of Topliss-reactive ketones (excluding diaryl/α,β-unsaturated/α-hetero) is 3. The molecule has 8 aromatic rings. The predicted octanol–water partition coefficient (Wildman–Crippen LogP) is 7.53. The van der Waals surface area contributed by atoms with Crippen LogP contribution in [-0.4, -0.2) is 230 Å². The zero-order valence-electron chi connectivity index (χ0n) is 78.4. The minimum Gasteiger partial charge on any atom is -0.507 e. The molecule has 5 amide bonds. The molecule has 0 radical (unpaired) electrons. The third-order valence-electron chi connectivity index (χ3n) is 26.7. The molecule has 8 aromatic carbocycles. The zero-order valence-corrected chi connectivity index (χ0v) is 80.6. The van der Waals surface area contributed by atoms with Gasteiger partial charge in [-0.25, -0.2) is 0 Å². The van der Waals surface area contributed by atoms with Crippen LogP contribution in [0.2, 0.25) is 15.1 Å². The number of carbonyl (C=O) groups is 9. The highest BCUT2D eigenvalue weighted by molar-refractivity contribution is 6.33. The van der Waals surface area contributed by atoms with E-state index < -0.39 is 281 Å². The highest BCUT2D eigenvalue weighted by atomic mass is 35.5. The molecule has 0 aromatic heterocycles. The monoisotopic (exact) mass is 2030 g/mol. The van der Waals surface area contributed by atoms with Gasteiger partial charge in [-0.05, 0) is 188 Å². The molecule has 2 fully saturated rings. The second-order valence-electron chi connectivity index (χ2n) is 37.3. The fourth-order valence-electron chi connectivity index (χ4n) is 18.8. The maximum Gasteiger partial charge on any atom is 0.295 e. The first-order valence-electron chi connectivity index (χ1n) is 46.7. The standard InChI is InChI=1S/C102H118Cl3N7O30/c1-7-51(28-47(2)3)96(132)110-83-71(119)34-58(37-80(106)122)97(133)109-82-57-35-77(139-75-25-21-54(85(83)123)32-66(75)104)93(142-101-94(92(130)90(128)79(44-114)141-101)138-59-29-48(4)95(131)102(6,40-59)108-41-50-19-24-74(65(103)30-50)136-45-56-16-13-17-60(49(56)5)52-14-9-8-10-15-52)78(36-57)140-76-26-22-55(33-67(76)105)86(124)84-99(135)112-100(137-46-115)63-39-70(118)64(42-107-27-12-11-18-69(117)88(126)91(129)89(127)73(121)43-113)87(125)81(63)62-31-53(20-23-68(62)116)61(38-72(82)120)98(134)111-84/h8-10,13-17,19-26,30-33,35-36,39,46-48,51,58-59,61,73,79,82-86,88-92,94-95,100-101,107-108,113-114,116,118,121,123-131H,7,11-12,18,27-29,34,37-38,40-45H2,1-6H3,(H2,106,122)(H,109,133)(H,110,132)(H,111,134)(H,112,135)/t48-,51-,58+,59-,61-,73-,79-,82-,83+,84+,85-,86-,88+,89-,90?,91-,92?,94-,95-,100-,101+,102?/m1/s1. The Hall–Kier alpha value is -11.5. The molecular formula is C102H118Cl3N7O30. The van der Waals surface area contributed by atoms with Crippen molar-refractivity contribution in [3.8, 4) is 74.0 Å². The molecule has 1 saturated heterocycles. The number of primary amides is 1. The smallest absolute Gasteiger partial charge is 0.295 e. The average Bonchev–Trinajstić information content (AvgIpc) is 0.755. The van der Waals surface area contributed by atoms with Gasteiger partial charge >= 0.3 is 0 Å². The molecule has 7 aliphatic rings. The first kappa shape index (κ1) is 108. The number of amides is 5. The van der Waals surface area contributed by atoms with E-state index in [9.17, 15) is 90.7 Å². The van der Waals surface area contributed by atoms with Crippen molar-refractivity contribution >= 4 is 88.2 Å². The molecule has 1 aliphatic carbocycles. The minimum absolute atomic E-state index is 0.00936. The molecule has 22 N–H and O–H groups in total. The Balaban J connectivity index is 0.921. The Morgan fingerprint density at radius 1 is 0.697 bits per heavy atom. The van der Waals surface area contributed by atoms with E-state index in [1.165, 1.54) is 24.3 Å². The molecule has 0 spiro atoms. The van der Waals surface area contributed by atoms with Crippen LogP contribution in [0, 0.1) is 30.6 Å². The molecule has 142 heavy (non-hydrogen) atoms. The summed E-state index contributed by atoms with van der Waals surface area (Å²) in [5, 5.41) is 176. The number of hydrogen-bond acceptors (Lipinski definition) is 32. The second kappa shape index (κ2) is 47.3. The van der Waals surface area contributed by atoms with Crippen molar-refractivity contribution < 1.29 is 148 Å². The number of halogens is 3. The number of rotatable bonds is 33. The van der Waals surface area contributed by atoms with E-state index in [-0.39, 0.29) is 109 Å². The van der Waals surface area contributed by atoms with Crippen molar-refractivity contribution in [3.63, 3.8) is 0 Å². The minimum atomic E-state index is -2.28. The summed E-state index contributed by atoms with van der Waals surface area (Å²) in [5.41, 5.74) is 6.63. The molecule has 762 valence electrons. The van der Waals surface area contributed by atoms with Crippen LogP contribution in [0.4, 0.5) is 0 Å². The lowest BCUT2D eigenvalue weighted by Gasteiger charge is -2.48. The van der Waals surface area contributed by atoms with E-state index in [4.69, 9.17) is 73.7 Å². The zero-order chi connectivity index (χ0) is 103. The Kier molecular flexibility index (Phi) is 35.9. The molecular weight excluding hydrogens is 1910 g/mol. The number of aliphatic hydroxyl groups excluding tert-OH is 11. The van der Waals surface area contributed by atoms with Gasteiger partial charge in [-0.15, -0.1) is 0 Å². The summed E-state index contributed by atoms with van der Waals surface area (Å²) in [4.78, 5) is 133. The number of hydrogen-bond donors (Lipinski definition) is 21. The highest BCUT2D eigenvalue weighted by Crippen LogP contribution is 2.52. The number of nitrogens with two attached hydrogens (primary N) is 1. The second-order valence-corrected chi connectivity index (χ2v) is 38.5. The van der Waals surface area contributed by atoms with Crippen molar-refractivity contribution in [2.75, 3.05) is 19.8 Å². The molecule has 15 rings (SSSR count). The van der Waals surface area contributed by atoms with Gasteiger partial charge in [-0.1, -0.05) is 135 Å². The number of ketones is 3. The quantitative estimate of drug-likeness (QED) is 0.0139. The van der Waals surface area contributed by atoms with Gasteiger partial charge in [0.2, 0.25) is 47.8 Å². The van der Waals surface area contributed by atoms with E-state index in [0.717, 1.165) is 70.8 Å². The Morgan fingerprint density at radius 3 is 2.02 bits per heavy atom. The maximum atomic E-state index is 16.7. The molecule has 40 heteroatoms. The van der Waals surface area contributed by atoms with Crippen LogP contribution in [0.5, 0.6) is 51.7 Å². The number of benzene rings is 8. The van der Waals surface area contributed by atoms with Gasteiger partial charge in [-0.3, -0.25) is 43.2 Å². The molecule has 22 atom stereocenters. The fourth-order valence-corrected chi connectivity index (χ4v) is 19.5. The average molecular weight is 2030 g/mol. The van der Waals surface area contributed by atoms with Crippen LogP contribution in [0.1, 0.15) is 179 Å². The fraction of sp³-hybridized carbons (Fsp3) is 0.441. The first-order chi connectivity index (χ1) is 67.6. The predicted molar refractivity (Wildman–Crippen MR) is 512 cm³/mol. The third kappa shape index (κ3) is 24.7. The molecule has 6 aliphatic heterocycles. The highest BCUT2D eigenvalue weighted by Gasteiger charge is 2.52. The van der Waals surface area contributed by atoms with Crippen molar-refractivity contribution in [1.29, 1.82) is 0 Å². The summed E-state index contributed by atoms with van der Waals surface area (Å²) in [6.07, 6.45) is -28.9. The Bertz CT molecular complexity index is 5940. The van der Waals surface area contributed by atoms with Crippen LogP contribution < -0.4 is 56.6 Å². The molecule has 11 bridgehead atoms. The van der Waals surface area contributed by atoms with Gasteiger partial charge in [0.15, 0.2) is 28.8 Å². The summed E-state index contributed by atoms with van der Waals surface area (Å²) in [6, 6.07) is 28.3. The maximum absolute atomic E-state index is 16.7. The molecule has 3 unspecified atom stereocenters. The van der Waals surface area contributed by atoms with E-state index in [2.05, 4.69) is 31.9 Å². The summed E-state index contributed by atoms with van der Waals surface area (Å²) in [5.74, 6) is -18.8. The largest absolute Gasteiger partial charge is 0.507 e. The van der Waals surface area contributed by atoms with Crippen molar-refractivity contribution in [2.24, 2.45) is 29.4 Å². The van der Waals surface area contributed by atoms with Crippen molar-refractivity contribution in [2.45, 2.75) is 241 Å². The van der Waals surface area contributed by atoms with Gasteiger partial charge in [0.1, 0.15) is 120 Å². The van der Waals surface area contributed by atoms with Gasteiger partial charge in [-0.2, -0.15) is 0 Å². The van der Waals surface area contributed by atoms with Gasteiger partial charge < -0.3 is 142 Å². The summed E-state index contributed by atoms with van der Waals surface area (Å²) in [6.45, 7) is 8.81. The Labute approximate surface area is 831 Å². The number of fused-ring (bicyclic) bond motifs is 15. The van der Waals surface area contributed by atoms with Gasteiger partial charge in [0.25, 0.3) is 6.47 Å². The van der Waals surface area contributed by atoms with E-state index in [0.29, 0.717) is 22.8 Å². The lowest BCUT2D eigenvalue weighted by atomic mass is 9.73. The lowest BCUT2D eigenvalue weighted by Crippen LogP contribution is -2.64. The molecule has 1 saturated carbocycles. The van der Waals surface area contributed by atoms with Gasteiger partial charge in [0, 0.05) is 66.9 Å². The number of carbonyl (C=O) groups excluding carboxylic acids is 9. The number of phenolic OH excluding ortho intramolecular Hbond substituents is 3. The van der Waals surface area contributed by atoms with Crippen LogP contribution in [0.3, 0.4) is 0 Å². The van der Waals surface area contributed by atoms with Crippen LogP contribution in [0.15, 0.2) is 140 Å². The van der Waals surface area contributed by atoms with Gasteiger partial charge in [0.05, 0.1) is 57.9 Å². The van der Waals surface area contributed by atoms with E-state index >= 15 is 24.0 Å². The third-order valence-corrected chi connectivity index (χ3v) is 27.6. The van der Waals surface area contributed by atoms with E-state index in [1.807, 2.05) is 75.4 Å². The number of phenols is 3. The summed E-state index contributed by atoms with van der Waals surface area (Å²) < 4.78 is 45.8. The number of aromatic hydroxyl groups is 3. The van der Waals surface area contributed by atoms with Crippen LogP contribution in [0.25, 0.3) is 22.3 Å². The molecule has 37 nitrogen and oxygen atoms in total. The number of ether oxygens (including phenoxy) is 7. The SMILES string of the molecule is CC[C@H](CC(C)C)C(=O)N[C@H]1C(=O)C[C@@H](CC(N)=O)C(=O)N[C@H]2C(=O)C[C@H]3C(=O)N[C@H](C(=O)N[C@H](OC=O)c4cc(O)c(CNCCCCC(=O)[C@H](O)[C@@H](O)[C@H](O)[C@H](O)CO)c(O)c4-c4cc3ccc4O)[C@H](O)c3ccc(c(Cl)c3)Oc3cc2cc(c3O[C@@H]2O[C@H](CO)C(O)C(O)[C@H]2O[C@@H]2C[C@@H](C)[C@@H](O)C(C)(NCc3ccc(OCc4cccc(-c5ccccc5)c4C)c(Cl)c3)C2)Oc2ccc(cc2Cl)[C@H]1O. The van der Waals surface area contributed by atoms with Crippen molar-refractivity contribution in [3.05, 3.63) is 205 Å². The first-order valence-corrected chi connectivity index (χ1v) is 47.8. The molecule has 6 heterocycles. The summed E-state index contributed by atoms with van der Waals surface area (Å²) >= 11 is 21.5. The number of aliphatic hydroxyl groups is 11. The topological polar surface area (TPSA) is 600 Å². The lowest BCUT2D eigenvalue weighted by molar-refractivity contribution is -0.299. The number of unbranched alkanes of at least 4 members (excludes halogenated alkanes) is 1.